The van der Waals surface area contributed by atoms with Gasteiger partial charge >= 0.3 is 0 Å². The smallest absolute Gasteiger partial charge is 0.226 e. The lowest BCUT2D eigenvalue weighted by Gasteiger charge is -2.55. The van der Waals surface area contributed by atoms with Gasteiger partial charge in [0, 0.05) is 16.9 Å². The van der Waals surface area contributed by atoms with E-state index in [0.717, 1.165) is 59.2 Å². The minimum Gasteiger partial charge on any atom is -0.348 e. The summed E-state index contributed by atoms with van der Waals surface area (Å²) in [6.45, 7) is 2.42. The van der Waals surface area contributed by atoms with Crippen molar-refractivity contribution in [3.63, 3.8) is 0 Å². The highest BCUT2D eigenvalue weighted by Gasteiger charge is 2.54. The molecule has 0 unspecified atom stereocenters. The summed E-state index contributed by atoms with van der Waals surface area (Å²) in [6.07, 6.45) is 7.12. The third-order valence-electron chi connectivity index (χ3n) is 8.20. The zero-order valence-corrected chi connectivity index (χ0v) is 20.9. The van der Waals surface area contributed by atoms with Crippen LogP contribution in [0.1, 0.15) is 55.5 Å². The number of hydrogen-bond acceptors (Lipinski definition) is 4. The Morgan fingerprint density at radius 2 is 1.63 bits per heavy atom. The molecule has 1 N–H and O–H groups in total. The largest absolute Gasteiger partial charge is 0.348 e. The van der Waals surface area contributed by atoms with Crippen LogP contribution in [0.4, 0.5) is 4.39 Å². The number of halogens is 1. The molecular weight excluding hydrogens is 459 g/mol. The molecule has 1 amide bonds. The first-order valence-electron chi connectivity index (χ1n) is 12.6. The number of thioether (sulfide) groups is 1. The average Bonchev–Trinajstić information content (AvgIpc) is 3.24. The molecule has 4 aliphatic carbocycles. The summed E-state index contributed by atoms with van der Waals surface area (Å²) in [6, 6.07) is 14.8. The zero-order chi connectivity index (χ0) is 24.0. The Morgan fingerprint density at radius 3 is 2.26 bits per heavy atom. The molecule has 1 heterocycles. The predicted octanol–water partition coefficient (Wildman–Crippen LogP) is 5.84. The molecular formula is C28H31FN4OS. The molecule has 0 atom stereocenters. The van der Waals surface area contributed by atoms with Crippen molar-refractivity contribution in [2.45, 2.75) is 62.9 Å². The Morgan fingerprint density at radius 1 is 1.00 bits per heavy atom. The quantitative estimate of drug-likeness (QED) is 0.423. The molecule has 35 heavy (non-hydrogen) atoms. The van der Waals surface area contributed by atoms with Crippen LogP contribution in [0.25, 0.3) is 5.69 Å². The van der Waals surface area contributed by atoms with Crippen molar-refractivity contribution in [2.24, 2.45) is 23.2 Å². The molecule has 0 radical (unpaired) electrons. The fourth-order valence-electron chi connectivity index (χ4n) is 6.93. The van der Waals surface area contributed by atoms with Gasteiger partial charge in [-0.15, -0.1) is 10.2 Å². The number of carbonyl (C=O) groups is 1. The summed E-state index contributed by atoms with van der Waals surface area (Å²) >= 11 is 1.56. The monoisotopic (exact) mass is 490 g/mol. The highest BCUT2D eigenvalue weighted by molar-refractivity contribution is 7.98. The van der Waals surface area contributed by atoms with Crippen molar-refractivity contribution in [1.29, 1.82) is 0 Å². The predicted molar refractivity (Wildman–Crippen MR) is 135 cm³/mol. The van der Waals surface area contributed by atoms with Crippen molar-refractivity contribution in [2.75, 3.05) is 0 Å². The third kappa shape index (κ3) is 4.51. The van der Waals surface area contributed by atoms with Gasteiger partial charge < -0.3 is 5.32 Å². The Labute approximate surface area is 209 Å². The number of nitrogens with one attached hydrogen (secondary N) is 1. The fraction of sp³-hybridized carbons (Fsp3) is 0.464. The second-order valence-electron chi connectivity index (χ2n) is 10.9. The highest BCUT2D eigenvalue weighted by atomic mass is 32.2. The van der Waals surface area contributed by atoms with Crippen LogP contribution in [-0.4, -0.2) is 20.7 Å². The molecule has 5 nitrogen and oxygen atoms in total. The summed E-state index contributed by atoms with van der Waals surface area (Å²) in [7, 11) is 0. The van der Waals surface area contributed by atoms with E-state index in [1.807, 2.05) is 4.57 Å². The number of amides is 1. The summed E-state index contributed by atoms with van der Waals surface area (Å²) in [5.41, 5.74) is 3.00. The van der Waals surface area contributed by atoms with Crippen molar-refractivity contribution in [3.05, 3.63) is 71.3 Å². The van der Waals surface area contributed by atoms with Crippen LogP contribution in [0.15, 0.2) is 53.7 Å². The summed E-state index contributed by atoms with van der Waals surface area (Å²) in [5.74, 6) is 3.56. The number of carbonyl (C=O) groups excluding carboxylic acids is 1. The van der Waals surface area contributed by atoms with Crippen LogP contribution >= 0.6 is 11.8 Å². The maximum Gasteiger partial charge on any atom is 0.226 e. The molecule has 0 aliphatic heterocycles. The highest BCUT2D eigenvalue weighted by Crippen LogP contribution is 2.60. The summed E-state index contributed by atoms with van der Waals surface area (Å²) in [4.78, 5) is 13.5. The van der Waals surface area contributed by atoms with E-state index in [4.69, 9.17) is 0 Å². The third-order valence-corrected chi connectivity index (χ3v) is 9.20. The lowest BCUT2D eigenvalue weighted by Crippen LogP contribution is -2.53. The first-order valence-corrected chi connectivity index (χ1v) is 13.6. The molecule has 7 rings (SSSR count). The standard InChI is InChI=1S/C28H31FN4OS/c1-18-2-8-24(9-3-18)33-25(31-32-27(33)35-17-19-4-6-23(29)7-5-19)16-30-26(34)28-13-20-10-21(14-28)12-22(11-20)15-28/h2-9,20-22H,10-17H2,1H3,(H,30,34). The topological polar surface area (TPSA) is 59.8 Å². The van der Waals surface area contributed by atoms with E-state index in [9.17, 15) is 9.18 Å². The molecule has 0 saturated heterocycles. The molecule has 1 aromatic heterocycles. The van der Waals surface area contributed by atoms with Gasteiger partial charge in [-0.3, -0.25) is 9.36 Å². The zero-order valence-electron chi connectivity index (χ0n) is 20.0. The second-order valence-corrected chi connectivity index (χ2v) is 11.8. The van der Waals surface area contributed by atoms with Crippen LogP contribution in [0.2, 0.25) is 0 Å². The van der Waals surface area contributed by atoms with Crippen molar-refractivity contribution < 1.29 is 9.18 Å². The number of rotatable bonds is 7. The second kappa shape index (κ2) is 9.08. The van der Waals surface area contributed by atoms with Crippen LogP contribution in [0, 0.1) is 35.9 Å². The number of hydrogen-bond donors (Lipinski definition) is 1. The van der Waals surface area contributed by atoms with Crippen LogP contribution < -0.4 is 5.32 Å². The molecule has 0 spiro atoms. The number of aryl methyl sites for hydroxylation is 1. The first kappa shape index (κ1) is 22.8. The molecule has 2 aromatic carbocycles. The fourth-order valence-corrected chi connectivity index (χ4v) is 7.85. The first-order chi connectivity index (χ1) is 17.0. The van der Waals surface area contributed by atoms with Crippen molar-refractivity contribution >= 4 is 17.7 Å². The van der Waals surface area contributed by atoms with Crippen LogP contribution in [-0.2, 0) is 17.1 Å². The molecule has 4 fully saturated rings. The van der Waals surface area contributed by atoms with Crippen molar-refractivity contribution in [3.8, 4) is 5.69 Å². The Hall–Kier alpha value is -2.67. The SMILES string of the molecule is Cc1ccc(-n2c(CNC(=O)C34CC5CC(CC(C5)C3)C4)nnc2SCc2ccc(F)cc2)cc1. The summed E-state index contributed by atoms with van der Waals surface area (Å²) in [5, 5.41) is 13.0. The van der Waals surface area contributed by atoms with Gasteiger partial charge in [-0.2, -0.15) is 0 Å². The Kier molecular flexibility index (Phi) is 5.91. The maximum atomic E-state index is 13.5. The van der Waals surface area contributed by atoms with Crippen LogP contribution in [0.5, 0.6) is 0 Å². The van der Waals surface area contributed by atoms with Gasteiger partial charge in [-0.1, -0.05) is 41.6 Å². The minimum absolute atomic E-state index is 0.177. The molecule has 7 heteroatoms. The lowest BCUT2D eigenvalue weighted by atomic mass is 9.49. The van der Waals surface area contributed by atoms with E-state index < -0.39 is 0 Å². The molecule has 4 aliphatic rings. The maximum absolute atomic E-state index is 13.5. The van der Waals surface area contributed by atoms with Gasteiger partial charge in [0.25, 0.3) is 0 Å². The summed E-state index contributed by atoms with van der Waals surface area (Å²) < 4.78 is 15.3. The lowest BCUT2D eigenvalue weighted by molar-refractivity contribution is -0.146. The van der Waals surface area contributed by atoms with E-state index in [1.54, 1.807) is 23.9 Å². The van der Waals surface area contributed by atoms with E-state index in [1.165, 1.54) is 37.0 Å². The average molecular weight is 491 g/mol. The van der Waals surface area contributed by atoms with Gasteiger partial charge in [0.1, 0.15) is 5.82 Å². The minimum atomic E-state index is -0.237. The molecule has 3 aromatic rings. The Bertz CT molecular complexity index is 1190. The van der Waals surface area contributed by atoms with Gasteiger partial charge in [-0.25, -0.2) is 4.39 Å². The number of benzene rings is 2. The van der Waals surface area contributed by atoms with Crippen molar-refractivity contribution in [1.82, 2.24) is 20.1 Å². The molecule has 4 bridgehead atoms. The van der Waals surface area contributed by atoms with E-state index in [2.05, 4.69) is 46.7 Å². The van der Waals surface area contributed by atoms with Gasteiger partial charge in [-0.05, 0) is 93.0 Å². The van der Waals surface area contributed by atoms with E-state index >= 15 is 0 Å². The molecule has 182 valence electrons. The van der Waals surface area contributed by atoms with E-state index in [0.29, 0.717) is 12.3 Å². The number of nitrogens with zero attached hydrogens (tertiary/aromatic N) is 3. The van der Waals surface area contributed by atoms with Gasteiger partial charge in [0.2, 0.25) is 5.91 Å². The van der Waals surface area contributed by atoms with Crippen LogP contribution in [0.3, 0.4) is 0 Å². The Balaban J connectivity index is 1.22. The normalized spacial score (nSPS) is 26.7. The number of aromatic nitrogens is 3. The van der Waals surface area contributed by atoms with E-state index in [-0.39, 0.29) is 17.1 Å². The van der Waals surface area contributed by atoms with Gasteiger partial charge in [0.15, 0.2) is 11.0 Å². The molecule has 4 saturated carbocycles. The van der Waals surface area contributed by atoms with Gasteiger partial charge in [0.05, 0.1) is 6.54 Å².